The predicted molar refractivity (Wildman–Crippen MR) is 175 cm³/mol. The van der Waals surface area contributed by atoms with Crippen molar-refractivity contribution in [2.24, 2.45) is 17.8 Å². The number of hydrogen-bond donors (Lipinski definition) is 1. The molecule has 252 valence electrons. The number of ether oxygens (including phenoxy) is 3. The highest BCUT2D eigenvalue weighted by Gasteiger charge is 2.61. The minimum Gasteiger partial charge on any atom is -0.488 e. The van der Waals surface area contributed by atoms with Gasteiger partial charge in [-0.15, -0.1) is 6.58 Å². The summed E-state index contributed by atoms with van der Waals surface area (Å²) in [5.74, 6) is -3.74. The Kier molecular flexibility index (Phi) is 10.6. The lowest BCUT2D eigenvalue weighted by atomic mass is 9.74. The van der Waals surface area contributed by atoms with Crippen molar-refractivity contribution in [2.45, 2.75) is 32.7 Å². The van der Waals surface area contributed by atoms with Gasteiger partial charge >= 0.3 is 17.9 Å². The van der Waals surface area contributed by atoms with Crippen LogP contribution in [0.1, 0.15) is 37.0 Å². The van der Waals surface area contributed by atoms with Crippen molar-refractivity contribution in [1.29, 1.82) is 0 Å². The number of rotatable bonds is 15. The molecule has 4 atom stereocenters. The molecule has 1 amide bonds. The van der Waals surface area contributed by atoms with Crippen LogP contribution in [0.4, 0.5) is 0 Å². The van der Waals surface area contributed by atoms with E-state index in [-0.39, 0.29) is 38.0 Å². The first-order valence-corrected chi connectivity index (χ1v) is 15.8. The monoisotopic (exact) mass is 657 g/mol. The molecule has 0 spiro atoms. The van der Waals surface area contributed by atoms with Gasteiger partial charge < -0.3 is 24.2 Å². The molecule has 48 heavy (non-hydrogen) atoms. The van der Waals surface area contributed by atoms with Crippen LogP contribution < -0.4 is 4.74 Å². The number of hydrogen-bond acceptors (Lipinski definition) is 10. The van der Waals surface area contributed by atoms with Gasteiger partial charge in [-0.3, -0.25) is 9.68 Å². The topological polar surface area (TPSA) is 138 Å². The van der Waals surface area contributed by atoms with Crippen LogP contribution in [0.15, 0.2) is 79.1 Å². The molecular formula is C37H39NO10. The number of amides is 1. The largest absolute Gasteiger partial charge is 0.488 e. The Hall–Kier alpha value is -5.00. The molecule has 3 unspecified atom stereocenters. The van der Waals surface area contributed by atoms with Crippen LogP contribution >= 0.6 is 0 Å². The van der Waals surface area contributed by atoms with Crippen molar-refractivity contribution in [3.63, 3.8) is 0 Å². The van der Waals surface area contributed by atoms with Gasteiger partial charge in [0.25, 0.3) is 0 Å². The minimum atomic E-state index is -0.840. The molecule has 2 heterocycles. The molecular weight excluding hydrogens is 618 g/mol. The molecule has 11 heteroatoms. The number of aliphatic hydroxyl groups is 1. The van der Waals surface area contributed by atoms with E-state index >= 15 is 0 Å². The molecule has 0 saturated carbocycles. The molecule has 0 radical (unpaired) electrons. The second kappa shape index (κ2) is 14.8. The van der Waals surface area contributed by atoms with E-state index in [0.717, 1.165) is 27.8 Å². The van der Waals surface area contributed by atoms with Crippen molar-refractivity contribution < 1.29 is 48.3 Å². The molecule has 1 N–H and O–H groups in total. The summed E-state index contributed by atoms with van der Waals surface area (Å²) < 4.78 is 16.8. The highest BCUT2D eigenvalue weighted by atomic mass is 17.2. The molecule has 2 aromatic carbocycles. The number of carbonyl (C=O) groups is 4. The Balaban J connectivity index is 1.48. The van der Waals surface area contributed by atoms with E-state index in [2.05, 4.69) is 13.2 Å². The lowest BCUT2D eigenvalue weighted by Crippen LogP contribution is -2.63. The number of carbonyl (C=O) groups excluding carboxylic acids is 4. The van der Waals surface area contributed by atoms with Crippen LogP contribution in [0.2, 0.25) is 0 Å². The highest BCUT2D eigenvalue weighted by Crippen LogP contribution is 2.51. The molecule has 11 nitrogen and oxygen atoms in total. The van der Waals surface area contributed by atoms with Crippen molar-refractivity contribution in [3.05, 3.63) is 95.7 Å². The van der Waals surface area contributed by atoms with E-state index < -0.39 is 41.7 Å². The summed E-state index contributed by atoms with van der Waals surface area (Å²) in [6.07, 6.45) is 5.58. The maximum Gasteiger partial charge on any atom is 0.355 e. The van der Waals surface area contributed by atoms with Gasteiger partial charge in [0, 0.05) is 29.7 Å². The number of nitrogens with zero attached hydrogens (tertiary/aromatic N) is 1. The summed E-state index contributed by atoms with van der Waals surface area (Å²) >= 11 is 0. The summed E-state index contributed by atoms with van der Waals surface area (Å²) in [5.41, 5.74) is 5.56. The van der Waals surface area contributed by atoms with E-state index in [9.17, 15) is 24.3 Å². The molecule has 0 bridgehead atoms. The Bertz CT molecular complexity index is 1710. The Morgan fingerprint density at radius 1 is 1.06 bits per heavy atom. The second-order valence-corrected chi connectivity index (χ2v) is 11.8. The van der Waals surface area contributed by atoms with Gasteiger partial charge in [0.2, 0.25) is 5.91 Å². The Morgan fingerprint density at radius 3 is 2.54 bits per heavy atom. The van der Waals surface area contributed by atoms with Gasteiger partial charge in [0.1, 0.15) is 31.3 Å². The third kappa shape index (κ3) is 6.31. The van der Waals surface area contributed by atoms with Crippen molar-refractivity contribution in [2.75, 3.05) is 33.5 Å². The minimum absolute atomic E-state index is 0.00385. The fourth-order valence-corrected chi connectivity index (χ4v) is 6.66. The average molecular weight is 658 g/mol. The number of methoxy groups -OCH3 is 1. The standard InChI is InChI=1S/C37H39NO10/c1-6-16-45-37(43)34-28(21(3)33-31(35(41)38(33)34)22(4)36(42)48-47-17-7-2)20-46-29-12-8-11-24-27(19-30(40)44-5)26-18-23(10-9-15-39)13-14-25(26)32(24)29/h6-8,11-14,18-19,21-22,31,33,39H,1-2,9-10,15-17,20H2,3-5H3/b27-19+/t21-,22?,31?,33?/m0/s1. The molecule has 1 saturated heterocycles. The fraction of sp³-hybridized carbons (Fsp3) is 0.351. The van der Waals surface area contributed by atoms with Gasteiger partial charge in [0.05, 0.1) is 25.0 Å². The van der Waals surface area contributed by atoms with Crippen LogP contribution in [0.3, 0.4) is 0 Å². The van der Waals surface area contributed by atoms with Crippen molar-refractivity contribution >= 4 is 29.4 Å². The fourth-order valence-electron chi connectivity index (χ4n) is 6.66. The van der Waals surface area contributed by atoms with Gasteiger partial charge in [0.15, 0.2) is 0 Å². The Morgan fingerprint density at radius 2 is 1.83 bits per heavy atom. The average Bonchev–Trinajstić information content (AvgIpc) is 3.53. The third-order valence-electron chi connectivity index (χ3n) is 8.99. The first-order chi connectivity index (χ1) is 23.2. The molecule has 2 aliphatic heterocycles. The third-order valence-corrected chi connectivity index (χ3v) is 8.99. The molecule has 5 rings (SSSR count). The predicted octanol–water partition coefficient (Wildman–Crippen LogP) is 4.33. The number of esters is 2. The molecule has 0 aromatic heterocycles. The molecule has 1 fully saturated rings. The van der Waals surface area contributed by atoms with E-state index in [4.69, 9.17) is 24.0 Å². The van der Waals surface area contributed by atoms with Crippen molar-refractivity contribution in [1.82, 2.24) is 4.90 Å². The number of aryl methyl sites for hydroxylation is 1. The van der Waals surface area contributed by atoms with Gasteiger partial charge in [-0.2, -0.15) is 4.89 Å². The van der Waals surface area contributed by atoms with Gasteiger partial charge in [-0.25, -0.2) is 14.4 Å². The lowest BCUT2D eigenvalue weighted by Gasteiger charge is -2.47. The van der Waals surface area contributed by atoms with Gasteiger partial charge in [-0.05, 0) is 46.7 Å². The number of β-lactam (4-membered cyclic amide) rings is 1. The first kappa shape index (κ1) is 34.3. The Labute approximate surface area is 279 Å². The van der Waals surface area contributed by atoms with E-state index in [1.807, 2.05) is 43.3 Å². The highest BCUT2D eigenvalue weighted by molar-refractivity contribution is 6.08. The van der Waals surface area contributed by atoms with Crippen LogP contribution in [0, 0.1) is 17.8 Å². The summed E-state index contributed by atoms with van der Waals surface area (Å²) in [5, 5.41) is 9.35. The van der Waals surface area contributed by atoms with Crippen LogP contribution in [-0.2, 0) is 44.8 Å². The van der Waals surface area contributed by atoms with E-state index in [1.165, 1.54) is 30.2 Å². The first-order valence-electron chi connectivity index (χ1n) is 15.8. The van der Waals surface area contributed by atoms with E-state index in [1.54, 1.807) is 6.92 Å². The zero-order valence-electron chi connectivity index (χ0n) is 27.2. The zero-order valence-corrected chi connectivity index (χ0v) is 27.2. The second-order valence-electron chi connectivity index (χ2n) is 11.8. The summed E-state index contributed by atoms with van der Waals surface area (Å²) in [7, 11) is 1.32. The maximum absolute atomic E-state index is 13.5. The van der Waals surface area contributed by atoms with E-state index in [0.29, 0.717) is 29.7 Å². The summed E-state index contributed by atoms with van der Waals surface area (Å²) in [6, 6.07) is 11.0. The number of benzene rings is 2. The number of fused-ring (bicyclic) bond motifs is 4. The SMILES string of the molecule is C=CCOOC(=O)C(C)C1C(=O)N2C(C(=O)OCC=C)=C(COc3cccc4c3-c3ccc(CCCO)cc3/C4=C/C(=O)OC)[C@H](C)C12. The van der Waals surface area contributed by atoms with Crippen LogP contribution in [0.5, 0.6) is 5.75 Å². The maximum atomic E-state index is 13.5. The van der Waals surface area contributed by atoms with Gasteiger partial charge in [-0.1, -0.05) is 62.9 Å². The van der Waals surface area contributed by atoms with Crippen LogP contribution in [0.25, 0.3) is 16.7 Å². The normalized spacial score (nSPS) is 20.3. The summed E-state index contributed by atoms with van der Waals surface area (Å²) in [4.78, 5) is 63.1. The quantitative estimate of drug-likeness (QED) is 0.0478. The number of aliphatic hydroxyl groups excluding tert-OH is 1. The van der Waals surface area contributed by atoms with Crippen molar-refractivity contribution in [3.8, 4) is 16.9 Å². The smallest absolute Gasteiger partial charge is 0.355 e. The summed E-state index contributed by atoms with van der Waals surface area (Å²) in [6.45, 7) is 10.6. The molecule has 1 aliphatic carbocycles. The zero-order chi connectivity index (χ0) is 34.5. The van der Waals surface area contributed by atoms with Crippen LogP contribution in [-0.4, -0.2) is 73.4 Å². The lowest BCUT2D eigenvalue weighted by molar-refractivity contribution is -0.271. The molecule has 2 aromatic rings. The molecule has 3 aliphatic rings.